The number of aryl methyl sites for hydroxylation is 1. The largest absolute Gasteiger partial charge is 0.340 e. The Hall–Kier alpha value is -1.42. The maximum absolute atomic E-state index is 13.5. The van der Waals surface area contributed by atoms with E-state index in [1.807, 2.05) is 17.0 Å². The first-order valence-corrected chi connectivity index (χ1v) is 8.30. The molecule has 0 unspecified atom stereocenters. The van der Waals surface area contributed by atoms with E-state index in [2.05, 4.69) is 18.7 Å². The number of carbonyl (C=O) groups excluding carboxylic acids is 1. The van der Waals surface area contributed by atoms with Gasteiger partial charge in [0.25, 0.3) is 0 Å². The molecule has 1 aliphatic rings. The first-order valence-electron chi connectivity index (χ1n) is 8.30. The van der Waals surface area contributed by atoms with E-state index in [1.54, 1.807) is 6.07 Å². The van der Waals surface area contributed by atoms with Crippen molar-refractivity contribution >= 4 is 5.91 Å². The summed E-state index contributed by atoms with van der Waals surface area (Å²) in [4.78, 5) is 16.4. The topological polar surface area (TPSA) is 23.6 Å². The van der Waals surface area contributed by atoms with Crippen molar-refractivity contribution in [2.45, 2.75) is 33.1 Å². The molecule has 0 aliphatic carbocycles. The first-order chi connectivity index (χ1) is 10.6. The molecular formula is C18H27FN2O. The Morgan fingerprint density at radius 2 is 1.86 bits per heavy atom. The highest BCUT2D eigenvalue weighted by Crippen LogP contribution is 2.11. The van der Waals surface area contributed by atoms with Gasteiger partial charge in [0.15, 0.2) is 0 Å². The molecule has 1 aliphatic heterocycles. The Kier molecular flexibility index (Phi) is 6.37. The van der Waals surface area contributed by atoms with Crippen LogP contribution in [0, 0.1) is 11.7 Å². The molecular weight excluding hydrogens is 279 g/mol. The van der Waals surface area contributed by atoms with Gasteiger partial charge in [-0.3, -0.25) is 9.69 Å². The minimum Gasteiger partial charge on any atom is -0.340 e. The number of halogens is 1. The van der Waals surface area contributed by atoms with Crippen molar-refractivity contribution in [2.24, 2.45) is 5.92 Å². The molecule has 4 heteroatoms. The van der Waals surface area contributed by atoms with E-state index < -0.39 is 0 Å². The molecule has 0 aromatic heterocycles. The number of benzene rings is 1. The molecule has 0 atom stereocenters. The van der Waals surface area contributed by atoms with Crippen LogP contribution in [0.4, 0.5) is 4.39 Å². The second-order valence-electron chi connectivity index (χ2n) is 6.52. The lowest BCUT2D eigenvalue weighted by atomic mass is 10.1. The molecule has 1 fully saturated rings. The predicted octanol–water partition coefficient (Wildman–Crippen LogP) is 2.95. The minimum atomic E-state index is -0.105. The molecule has 22 heavy (non-hydrogen) atoms. The number of amides is 1. The second-order valence-corrected chi connectivity index (χ2v) is 6.52. The lowest BCUT2D eigenvalue weighted by Crippen LogP contribution is -2.49. The zero-order valence-corrected chi connectivity index (χ0v) is 13.7. The molecule has 1 heterocycles. The summed E-state index contributed by atoms with van der Waals surface area (Å²) in [5.41, 5.74) is 0.799. The lowest BCUT2D eigenvalue weighted by Gasteiger charge is -2.35. The number of nitrogens with zero attached hydrogens (tertiary/aromatic N) is 2. The van der Waals surface area contributed by atoms with Gasteiger partial charge >= 0.3 is 0 Å². The van der Waals surface area contributed by atoms with E-state index in [9.17, 15) is 9.18 Å². The van der Waals surface area contributed by atoms with E-state index >= 15 is 0 Å². The summed E-state index contributed by atoms with van der Waals surface area (Å²) < 4.78 is 13.5. The van der Waals surface area contributed by atoms with Gasteiger partial charge in [0, 0.05) is 32.6 Å². The van der Waals surface area contributed by atoms with E-state index in [0.29, 0.717) is 12.3 Å². The SMILES string of the molecule is CC(C)CC(=O)N1CCN(CCCc2ccccc2F)CC1. The highest BCUT2D eigenvalue weighted by Gasteiger charge is 2.21. The van der Waals surface area contributed by atoms with E-state index in [0.717, 1.165) is 51.1 Å². The summed E-state index contributed by atoms with van der Waals surface area (Å²) >= 11 is 0. The van der Waals surface area contributed by atoms with E-state index in [1.165, 1.54) is 6.07 Å². The Balaban J connectivity index is 1.67. The van der Waals surface area contributed by atoms with Crippen molar-refractivity contribution in [3.63, 3.8) is 0 Å². The van der Waals surface area contributed by atoms with Gasteiger partial charge in [-0.15, -0.1) is 0 Å². The highest BCUT2D eigenvalue weighted by molar-refractivity contribution is 5.76. The molecule has 2 rings (SSSR count). The van der Waals surface area contributed by atoms with Gasteiger partial charge in [0.2, 0.25) is 5.91 Å². The molecule has 1 saturated heterocycles. The Morgan fingerprint density at radius 3 is 2.50 bits per heavy atom. The molecule has 1 aromatic carbocycles. The van der Waals surface area contributed by atoms with Crippen molar-refractivity contribution in [3.8, 4) is 0 Å². The average molecular weight is 306 g/mol. The Bertz CT molecular complexity index is 482. The smallest absolute Gasteiger partial charge is 0.222 e. The lowest BCUT2D eigenvalue weighted by molar-refractivity contribution is -0.133. The fourth-order valence-corrected chi connectivity index (χ4v) is 2.89. The molecule has 0 N–H and O–H groups in total. The minimum absolute atomic E-state index is 0.105. The van der Waals surface area contributed by atoms with Crippen LogP contribution in [0.25, 0.3) is 0 Å². The zero-order chi connectivity index (χ0) is 15.9. The fraction of sp³-hybridized carbons (Fsp3) is 0.611. The standard InChI is InChI=1S/C18H27FN2O/c1-15(2)14-18(22)21-12-10-20(11-13-21)9-5-7-16-6-3-4-8-17(16)19/h3-4,6,8,15H,5,7,9-14H2,1-2H3. The van der Waals surface area contributed by atoms with Gasteiger partial charge in [-0.05, 0) is 36.9 Å². The molecule has 0 spiro atoms. The van der Waals surface area contributed by atoms with Gasteiger partial charge in [-0.25, -0.2) is 4.39 Å². The summed E-state index contributed by atoms with van der Waals surface area (Å²) in [5.74, 6) is 0.596. The number of piperazine rings is 1. The van der Waals surface area contributed by atoms with Crippen LogP contribution < -0.4 is 0 Å². The summed E-state index contributed by atoms with van der Waals surface area (Å²) in [7, 11) is 0. The maximum Gasteiger partial charge on any atom is 0.222 e. The molecule has 1 amide bonds. The Morgan fingerprint density at radius 1 is 1.18 bits per heavy atom. The van der Waals surface area contributed by atoms with Crippen LogP contribution in [0.5, 0.6) is 0 Å². The molecule has 122 valence electrons. The van der Waals surface area contributed by atoms with Crippen molar-refractivity contribution < 1.29 is 9.18 Å². The third kappa shape index (κ3) is 5.09. The van der Waals surface area contributed by atoms with Crippen LogP contribution in [-0.2, 0) is 11.2 Å². The number of rotatable bonds is 6. The van der Waals surface area contributed by atoms with Gasteiger partial charge < -0.3 is 4.90 Å². The summed E-state index contributed by atoms with van der Waals surface area (Å²) in [6, 6.07) is 7.00. The zero-order valence-electron chi connectivity index (χ0n) is 13.7. The van der Waals surface area contributed by atoms with Crippen LogP contribution >= 0.6 is 0 Å². The summed E-state index contributed by atoms with van der Waals surface area (Å²) in [5, 5.41) is 0. The van der Waals surface area contributed by atoms with Gasteiger partial charge in [-0.2, -0.15) is 0 Å². The molecule has 0 radical (unpaired) electrons. The number of carbonyl (C=O) groups is 1. The maximum atomic E-state index is 13.5. The van der Waals surface area contributed by atoms with E-state index in [-0.39, 0.29) is 11.7 Å². The average Bonchev–Trinajstić information content (AvgIpc) is 2.49. The fourth-order valence-electron chi connectivity index (χ4n) is 2.89. The molecule has 3 nitrogen and oxygen atoms in total. The highest BCUT2D eigenvalue weighted by atomic mass is 19.1. The van der Waals surface area contributed by atoms with Crippen molar-refractivity contribution in [1.29, 1.82) is 0 Å². The summed E-state index contributed by atoms with van der Waals surface area (Å²) in [6.07, 6.45) is 2.38. The predicted molar refractivity (Wildman–Crippen MR) is 87.2 cm³/mol. The normalized spacial score (nSPS) is 16.3. The number of hydrogen-bond acceptors (Lipinski definition) is 2. The quantitative estimate of drug-likeness (QED) is 0.807. The van der Waals surface area contributed by atoms with Crippen molar-refractivity contribution in [2.75, 3.05) is 32.7 Å². The van der Waals surface area contributed by atoms with Crippen LogP contribution in [-0.4, -0.2) is 48.4 Å². The monoisotopic (exact) mass is 306 g/mol. The second kappa shape index (κ2) is 8.28. The van der Waals surface area contributed by atoms with Gasteiger partial charge in [0.05, 0.1) is 0 Å². The van der Waals surface area contributed by atoms with Crippen molar-refractivity contribution in [3.05, 3.63) is 35.6 Å². The third-order valence-electron chi connectivity index (χ3n) is 4.19. The first kappa shape index (κ1) is 16.9. The van der Waals surface area contributed by atoms with E-state index in [4.69, 9.17) is 0 Å². The molecule has 0 saturated carbocycles. The molecule has 0 bridgehead atoms. The third-order valence-corrected chi connectivity index (χ3v) is 4.19. The van der Waals surface area contributed by atoms with Gasteiger partial charge in [0.1, 0.15) is 5.82 Å². The Labute approximate surface area is 133 Å². The van der Waals surface area contributed by atoms with Gasteiger partial charge in [-0.1, -0.05) is 32.0 Å². The molecule has 1 aromatic rings. The summed E-state index contributed by atoms with van der Waals surface area (Å²) in [6.45, 7) is 8.65. The van der Waals surface area contributed by atoms with Crippen LogP contribution in [0.15, 0.2) is 24.3 Å². The van der Waals surface area contributed by atoms with Crippen molar-refractivity contribution in [1.82, 2.24) is 9.80 Å². The van der Waals surface area contributed by atoms with Crippen LogP contribution in [0.3, 0.4) is 0 Å². The number of hydrogen-bond donors (Lipinski definition) is 0. The van der Waals surface area contributed by atoms with Crippen LogP contribution in [0.2, 0.25) is 0 Å². The van der Waals surface area contributed by atoms with Crippen LogP contribution in [0.1, 0.15) is 32.3 Å².